The average molecular weight is 434 g/mol. The van der Waals surface area contributed by atoms with Crippen molar-refractivity contribution in [3.05, 3.63) is 63.6 Å². The predicted octanol–water partition coefficient (Wildman–Crippen LogP) is 5.20. The Morgan fingerprint density at radius 1 is 1.19 bits per heavy atom. The number of hydrogen-bond donors (Lipinski definition) is 2. The Bertz CT molecular complexity index is 842. The summed E-state index contributed by atoms with van der Waals surface area (Å²) in [6.07, 6.45) is 0. The van der Waals surface area contributed by atoms with Gasteiger partial charge < -0.3 is 15.2 Å². The molecule has 0 fully saturated rings. The lowest BCUT2D eigenvalue weighted by Crippen LogP contribution is -2.26. The smallest absolute Gasteiger partial charge is 0.336 e. The number of hydrogen-bond acceptors (Lipinski definition) is 4. The van der Waals surface area contributed by atoms with Gasteiger partial charge >= 0.3 is 11.9 Å². The van der Waals surface area contributed by atoms with Gasteiger partial charge in [0.25, 0.3) is 0 Å². The lowest BCUT2D eigenvalue weighted by Gasteiger charge is -2.22. The Morgan fingerprint density at radius 3 is 2.44 bits per heavy atom. The summed E-state index contributed by atoms with van der Waals surface area (Å²) in [6, 6.07) is 12.5. The highest BCUT2D eigenvalue weighted by Crippen LogP contribution is 2.29. The van der Waals surface area contributed by atoms with Crippen molar-refractivity contribution < 1.29 is 19.4 Å². The molecule has 0 aromatic heterocycles. The molecule has 0 radical (unpaired) electrons. The Labute approximate surface area is 167 Å². The van der Waals surface area contributed by atoms with Gasteiger partial charge in [-0.1, -0.05) is 24.3 Å². The van der Waals surface area contributed by atoms with Crippen LogP contribution in [0.2, 0.25) is 0 Å². The van der Waals surface area contributed by atoms with Crippen LogP contribution in [0, 0.1) is 0 Å². The molecule has 0 spiro atoms. The minimum absolute atomic E-state index is 0.273. The maximum Gasteiger partial charge on any atom is 0.336 e. The van der Waals surface area contributed by atoms with Crippen molar-refractivity contribution in [2.45, 2.75) is 45.8 Å². The summed E-state index contributed by atoms with van der Waals surface area (Å²) < 4.78 is 6.23. The number of halogens is 1. The van der Waals surface area contributed by atoms with Crippen LogP contribution in [0.15, 0.2) is 46.9 Å². The number of carbonyl (C=O) groups is 2. The number of ether oxygens (including phenoxy) is 1. The standard InChI is InChI=1S/C21H24BrNO4/c1-13(20(26)27-21(2,3)4)14-9-10-18(17(22)11-14)23-12-15-7-5-6-8-16(15)19(24)25/h5-11,13,23H,12H2,1-4H3,(H,24,25). The molecule has 0 heterocycles. The highest BCUT2D eigenvalue weighted by atomic mass is 79.9. The molecule has 27 heavy (non-hydrogen) atoms. The summed E-state index contributed by atoms with van der Waals surface area (Å²) in [5, 5.41) is 12.5. The van der Waals surface area contributed by atoms with E-state index in [0.717, 1.165) is 15.7 Å². The second kappa shape index (κ2) is 8.57. The quantitative estimate of drug-likeness (QED) is 0.611. The molecule has 1 atom stereocenters. The molecular formula is C21H24BrNO4. The van der Waals surface area contributed by atoms with Gasteiger partial charge in [-0.25, -0.2) is 4.79 Å². The number of esters is 1. The van der Waals surface area contributed by atoms with Crippen LogP contribution >= 0.6 is 15.9 Å². The zero-order valence-electron chi connectivity index (χ0n) is 15.9. The van der Waals surface area contributed by atoms with Crippen LogP contribution in [0.3, 0.4) is 0 Å². The van der Waals surface area contributed by atoms with E-state index in [1.54, 1.807) is 18.2 Å². The zero-order valence-corrected chi connectivity index (χ0v) is 17.5. The Balaban J connectivity index is 2.11. The normalized spacial score (nSPS) is 12.3. The van der Waals surface area contributed by atoms with E-state index in [4.69, 9.17) is 4.74 Å². The SMILES string of the molecule is CC(C(=O)OC(C)(C)C)c1ccc(NCc2ccccc2C(=O)O)c(Br)c1. The molecule has 0 aliphatic rings. The molecule has 2 rings (SSSR count). The fraction of sp³-hybridized carbons (Fsp3) is 0.333. The van der Waals surface area contributed by atoms with Gasteiger partial charge in [0.2, 0.25) is 0 Å². The summed E-state index contributed by atoms with van der Waals surface area (Å²) in [4.78, 5) is 23.6. The van der Waals surface area contributed by atoms with E-state index in [2.05, 4.69) is 21.2 Å². The first-order valence-corrected chi connectivity index (χ1v) is 9.45. The monoisotopic (exact) mass is 433 g/mol. The van der Waals surface area contributed by atoms with E-state index in [1.165, 1.54) is 0 Å². The van der Waals surface area contributed by atoms with E-state index in [-0.39, 0.29) is 17.5 Å². The number of carboxylic acid groups (broad SMARTS) is 1. The maximum atomic E-state index is 12.3. The molecule has 0 saturated heterocycles. The van der Waals surface area contributed by atoms with E-state index in [9.17, 15) is 14.7 Å². The van der Waals surface area contributed by atoms with E-state index in [0.29, 0.717) is 12.1 Å². The van der Waals surface area contributed by atoms with Crippen LogP contribution in [0.25, 0.3) is 0 Å². The molecule has 2 aromatic carbocycles. The first kappa shape index (κ1) is 21.0. The second-order valence-corrected chi connectivity index (χ2v) is 8.16. The number of anilines is 1. The number of benzene rings is 2. The summed E-state index contributed by atoms with van der Waals surface area (Å²) >= 11 is 3.52. The molecule has 0 amide bonds. The first-order chi connectivity index (χ1) is 12.6. The highest BCUT2D eigenvalue weighted by Gasteiger charge is 2.23. The molecule has 2 aromatic rings. The number of carboxylic acids is 1. The number of aromatic carboxylic acids is 1. The van der Waals surface area contributed by atoms with Crippen LogP contribution < -0.4 is 5.32 Å². The predicted molar refractivity (Wildman–Crippen MR) is 109 cm³/mol. The van der Waals surface area contributed by atoms with Crippen molar-refractivity contribution in [3.63, 3.8) is 0 Å². The molecule has 0 aliphatic carbocycles. The molecule has 6 heteroatoms. The third-order valence-corrected chi connectivity index (χ3v) is 4.63. The molecule has 1 unspecified atom stereocenters. The van der Waals surface area contributed by atoms with E-state index >= 15 is 0 Å². The van der Waals surface area contributed by atoms with Crippen LogP contribution in [0.4, 0.5) is 5.69 Å². The third kappa shape index (κ3) is 5.82. The first-order valence-electron chi connectivity index (χ1n) is 8.66. The molecule has 144 valence electrons. The molecular weight excluding hydrogens is 410 g/mol. The Hall–Kier alpha value is -2.34. The fourth-order valence-electron chi connectivity index (χ4n) is 2.54. The van der Waals surface area contributed by atoms with Crippen LogP contribution in [0.5, 0.6) is 0 Å². The minimum Gasteiger partial charge on any atom is -0.478 e. The Kier molecular flexibility index (Phi) is 6.65. The second-order valence-electron chi connectivity index (χ2n) is 7.31. The summed E-state index contributed by atoms with van der Waals surface area (Å²) in [5.41, 5.74) is 2.10. The van der Waals surface area contributed by atoms with Gasteiger partial charge in [-0.2, -0.15) is 0 Å². The van der Waals surface area contributed by atoms with Crippen molar-refractivity contribution in [1.29, 1.82) is 0 Å². The molecule has 0 aliphatic heterocycles. The lowest BCUT2D eigenvalue weighted by atomic mass is 10.0. The van der Waals surface area contributed by atoms with Gasteiger partial charge in [0.1, 0.15) is 5.60 Å². The van der Waals surface area contributed by atoms with Crippen LogP contribution in [-0.2, 0) is 16.1 Å². The van der Waals surface area contributed by atoms with Crippen molar-refractivity contribution >= 4 is 33.6 Å². The zero-order chi connectivity index (χ0) is 20.2. The molecule has 2 N–H and O–H groups in total. The van der Waals surface area contributed by atoms with E-state index in [1.807, 2.05) is 52.0 Å². The fourth-order valence-corrected chi connectivity index (χ4v) is 3.08. The lowest BCUT2D eigenvalue weighted by molar-refractivity contribution is -0.156. The van der Waals surface area contributed by atoms with Gasteiger partial charge in [0.05, 0.1) is 11.5 Å². The molecule has 0 bridgehead atoms. The summed E-state index contributed by atoms with van der Waals surface area (Å²) in [5.74, 6) is -1.61. The Morgan fingerprint density at radius 2 is 1.85 bits per heavy atom. The summed E-state index contributed by atoms with van der Waals surface area (Å²) in [7, 11) is 0. The van der Waals surface area contributed by atoms with Crippen molar-refractivity contribution in [2.75, 3.05) is 5.32 Å². The maximum absolute atomic E-state index is 12.3. The van der Waals surface area contributed by atoms with Crippen LogP contribution in [0.1, 0.15) is 55.1 Å². The minimum atomic E-state index is -0.951. The summed E-state index contributed by atoms with van der Waals surface area (Å²) in [6.45, 7) is 7.72. The number of rotatable bonds is 6. The van der Waals surface area contributed by atoms with Crippen molar-refractivity contribution in [1.82, 2.24) is 0 Å². The van der Waals surface area contributed by atoms with Crippen molar-refractivity contribution in [3.8, 4) is 0 Å². The van der Waals surface area contributed by atoms with Gasteiger partial charge in [0, 0.05) is 16.7 Å². The highest BCUT2D eigenvalue weighted by molar-refractivity contribution is 9.10. The largest absolute Gasteiger partial charge is 0.478 e. The van der Waals surface area contributed by atoms with Gasteiger partial charge in [-0.3, -0.25) is 4.79 Å². The number of carbonyl (C=O) groups excluding carboxylic acids is 1. The molecule has 5 nitrogen and oxygen atoms in total. The molecule has 0 saturated carbocycles. The average Bonchev–Trinajstić information content (AvgIpc) is 2.58. The van der Waals surface area contributed by atoms with Crippen LogP contribution in [-0.4, -0.2) is 22.6 Å². The van der Waals surface area contributed by atoms with E-state index < -0.39 is 11.6 Å². The van der Waals surface area contributed by atoms with Gasteiger partial charge in [0.15, 0.2) is 0 Å². The van der Waals surface area contributed by atoms with Crippen molar-refractivity contribution in [2.24, 2.45) is 0 Å². The van der Waals surface area contributed by atoms with Gasteiger partial charge in [-0.15, -0.1) is 0 Å². The number of nitrogens with one attached hydrogen (secondary N) is 1. The topological polar surface area (TPSA) is 75.6 Å². The van der Waals surface area contributed by atoms with Gasteiger partial charge in [-0.05, 0) is 73.0 Å². The third-order valence-electron chi connectivity index (χ3n) is 3.97.